The van der Waals surface area contributed by atoms with Crippen LogP contribution in [0.5, 0.6) is 23.0 Å². The van der Waals surface area contributed by atoms with Crippen LogP contribution in [0.15, 0.2) is 42.0 Å². The number of rotatable bonds is 2. The van der Waals surface area contributed by atoms with Gasteiger partial charge >= 0.3 is 0 Å². The molecule has 0 saturated heterocycles. The highest BCUT2D eigenvalue weighted by atomic mass is 16.5. The summed E-state index contributed by atoms with van der Waals surface area (Å²) < 4.78 is 16.6. The summed E-state index contributed by atoms with van der Waals surface area (Å²) in [6.07, 6.45) is 0. The predicted octanol–water partition coefficient (Wildman–Crippen LogP) is 4.65. The van der Waals surface area contributed by atoms with Crippen LogP contribution >= 0.6 is 0 Å². The van der Waals surface area contributed by atoms with Crippen molar-refractivity contribution in [1.82, 2.24) is 0 Å². The molecule has 3 nitrogen and oxygen atoms in total. The molecule has 0 saturated carbocycles. The Morgan fingerprint density at radius 2 is 1.29 bits per heavy atom. The molecule has 3 rings (SSSR count). The highest BCUT2D eigenvalue weighted by Gasteiger charge is 2.23. The normalized spacial score (nSPS) is 12.1. The third kappa shape index (κ3) is 2.25. The Morgan fingerprint density at radius 3 is 1.67 bits per heavy atom. The van der Waals surface area contributed by atoms with E-state index >= 15 is 0 Å². The molecular formula is C18H18O3. The quantitative estimate of drug-likeness (QED) is 0.684. The van der Waals surface area contributed by atoms with Gasteiger partial charge in [-0.25, -0.2) is 0 Å². The summed E-state index contributed by atoms with van der Waals surface area (Å²) in [6, 6.07) is 11.8. The molecule has 108 valence electrons. The van der Waals surface area contributed by atoms with Crippen LogP contribution in [0.25, 0.3) is 5.57 Å². The molecule has 0 fully saturated rings. The first-order valence-electron chi connectivity index (χ1n) is 6.86. The third-order valence-corrected chi connectivity index (χ3v) is 3.64. The molecule has 1 heterocycles. The van der Waals surface area contributed by atoms with Gasteiger partial charge in [0.05, 0.1) is 14.2 Å². The van der Waals surface area contributed by atoms with Crippen molar-refractivity contribution in [3.8, 4) is 23.0 Å². The minimum Gasteiger partial charge on any atom is -0.497 e. The second-order valence-electron chi connectivity index (χ2n) is 5.20. The monoisotopic (exact) mass is 282 g/mol. The van der Waals surface area contributed by atoms with Gasteiger partial charge in [-0.05, 0) is 43.7 Å². The van der Waals surface area contributed by atoms with Crippen LogP contribution in [0, 0.1) is 0 Å². The molecule has 0 aliphatic carbocycles. The molecule has 0 aromatic heterocycles. The van der Waals surface area contributed by atoms with Crippen molar-refractivity contribution in [1.29, 1.82) is 0 Å². The lowest BCUT2D eigenvalue weighted by Crippen LogP contribution is -2.04. The van der Waals surface area contributed by atoms with Crippen molar-refractivity contribution in [2.24, 2.45) is 0 Å². The number of ether oxygens (including phenoxy) is 3. The average Bonchev–Trinajstić information content (AvgIpc) is 2.50. The van der Waals surface area contributed by atoms with Crippen LogP contribution in [0.1, 0.15) is 25.0 Å². The standard InChI is InChI=1S/C18H18O3/c1-11(2)18-14-7-5-12(19-3)9-16(14)21-17-10-13(20-4)6-8-15(17)18/h5-10H,1-4H3. The molecular weight excluding hydrogens is 264 g/mol. The van der Waals surface area contributed by atoms with E-state index in [-0.39, 0.29) is 0 Å². The lowest BCUT2D eigenvalue weighted by Gasteiger charge is -2.25. The van der Waals surface area contributed by atoms with Crippen LogP contribution in [-0.4, -0.2) is 14.2 Å². The molecule has 0 N–H and O–H groups in total. The van der Waals surface area contributed by atoms with Gasteiger partial charge < -0.3 is 14.2 Å². The smallest absolute Gasteiger partial charge is 0.139 e. The van der Waals surface area contributed by atoms with Crippen LogP contribution in [-0.2, 0) is 0 Å². The Balaban J connectivity index is 2.22. The Hall–Kier alpha value is -2.42. The van der Waals surface area contributed by atoms with E-state index in [9.17, 15) is 0 Å². The molecule has 0 unspecified atom stereocenters. The summed E-state index contributed by atoms with van der Waals surface area (Å²) in [6.45, 7) is 4.23. The topological polar surface area (TPSA) is 27.7 Å². The Kier molecular flexibility index (Phi) is 3.34. The summed E-state index contributed by atoms with van der Waals surface area (Å²) >= 11 is 0. The summed E-state index contributed by atoms with van der Waals surface area (Å²) in [5.74, 6) is 3.19. The van der Waals surface area contributed by atoms with Gasteiger partial charge in [0.25, 0.3) is 0 Å². The van der Waals surface area contributed by atoms with Crippen molar-refractivity contribution < 1.29 is 14.2 Å². The number of methoxy groups -OCH3 is 2. The van der Waals surface area contributed by atoms with Crippen LogP contribution in [0.4, 0.5) is 0 Å². The fourth-order valence-corrected chi connectivity index (χ4v) is 2.64. The fourth-order valence-electron chi connectivity index (χ4n) is 2.64. The lowest BCUT2D eigenvalue weighted by atomic mass is 9.90. The second-order valence-corrected chi connectivity index (χ2v) is 5.20. The third-order valence-electron chi connectivity index (χ3n) is 3.64. The lowest BCUT2D eigenvalue weighted by molar-refractivity contribution is 0.402. The van der Waals surface area contributed by atoms with Gasteiger partial charge in [0.15, 0.2) is 0 Å². The van der Waals surface area contributed by atoms with Crippen molar-refractivity contribution in [3.05, 3.63) is 53.1 Å². The predicted molar refractivity (Wildman–Crippen MR) is 83.4 cm³/mol. The van der Waals surface area contributed by atoms with Crippen molar-refractivity contribution in [2.75, 3.05) is 14.2 Å². The Bertz CT molecular complexity index is 670. The minimum absolute atomic E-state index is 0.785. The van der Waals surface area contributed by atoms with E-state index < -0.39 is 0 Å². The van der Waals surface area contributed by atoms with Crippen LogP contribution in [0.2, 0.25) is 0 Å². The van der Waals surface area contributed by atoms with Gasteiger partial charge in [-0.15, -0.1) is 0 Å². The maximum atomic E-state index is 6.05. The van der Waals surface area contributed by atoms with Gasteiger partial charge in [0.2, 0.25) is 0 Å². The maximum Gasteiger partial charge on any atom is 0.139 e. The number of allylic oxidation sites excluding steroid dienone is 1. The van der Waals surface area contributed by atoms with Gasteiger partial charge in [-0.1, -0.05) is 5.57 Å². The fraction of sp³-hybridized carbons (Fsp3) is 0.222. The van der Waals surface area contributed by atoms with Gasteiger partial charge in [0, 0.05) is 23.3 Å². The van der Waals surface area contributed by atoms with Gasteiger partial charge in [-0.3, -0.25) is 0 Å². The van der Waals surface area contributed by atoms with E-state index in [1.54, 1.807) is 14.2 Å². The largest absolute Gasteiger partial charge is 0.497 e. The summed E-state index contributed by atoms with van der Waals surface area (Å²) in [5.41, 5.74) is 4.63. The zero-order valence-electron chi connectivity index (χ0n) is 12.7. The zero-order valence-corrected chi connectivity index (χ0v) is 12.7. The maximum absolute atomic E-state index is 6.05. The first kappa shape index (κ1) is 13.6. The van der Waals surface area contributed by atoms with Crippen molar-refractivity contribution in [2.45, 2.75) is 13.8 Å². The van der Waals surface area contributed by atoms with Crippen LogP contribution in [0.3, 0.4) is 0 Å². The van der Waals surface area contributed by atoms with Gasteiger partial charge in [-0.2, -0.15) is 0 Å². The van der Waals surface area contributed by atoms with E-state index in [1.807, 2.05) is 36.4 Å². The molecule has 0 spiro atoms. The summed E-state index contributed by atoms with van der Waals surface area (Å²) in [7, 11) is 3.31. The van der Waals surface area contributed by atoms with Crippen molar-refractivity contribution >= 4 is 5.57 Å². The SMILES string of the molecule is COc1ccc2c(c1)Oc1cc(OC)ccc1C2=C(C)C. The number of hydrogen-bond donors (Lipinski definition) is 0. The molecule has 1 aliphatic rings. The molecule has 0 radical (unpaired) electrons. The first-order chi connectivity index (χ1) is 10.1. The molecule has 2 aromatic rings. The highest BCUT2D eigenvalue weighted by molar-refractivity contribution is 5.89. The molecule has 2 aromatic carbocycles. The minimum atomic E-state index is 0.785. The zero-order chi connectivity index (χ0) is 15.0. The van der Waals surface area contributed by atoms with Crippen LogP contribution < -0.4 is 14.2 Å². The molecule has 0 amide bonds. The summed E-state index contributed by atoms with van der Waals surface area (Å²) in [4.78, 5) is 0. The molecule has 1 aliphatic heterocycles. The van der Waals surface area contributed by atoms with E-state index in [1.165, 1.54) is 11.1 Å². The van der Waals surface area contributed by atoms with E-state index in [0.717, 1.165) is 34.1 Å². The number of benzene rings is 2. The molecule has 0 bridgehead atoms. The molecule has 3 heteroatoms. The van der Waals surface area contributed by atoms with Gasteiger partial charge in [0.1, 0.15) is 23.0 Å². The molecule has 0 atom stereocenters. The number of hydrogen-bond acceptors (Lipinski definition) is 3. The van der Waals surface area contributed by atoms with Crippen molar-refractivity contribution in [3.63, 3.8) is 0 Å². The number of fused-ring (bicyclic) bond motifs is 2. The average molecular weight is 282 g/mol. The Morgan fingerprint density at radius 1 is 0.810 bits per heavy atom. The van der Waals surface area contributed by atoms with E-state index in [0.29, 0.717) is 0 Å². The molecule has 21 heavy (non-hydrogen) atoms. The Labute approximate surface area is 124 Å². The highest BCUT2D eigenvalue weighted by Crippen LogP contribution is 2.47. The van der Waals surface area contributed by atoms with E-state index in [2.05, 4.69) is 13.8 Å². The first-order valence-corrected chi connectivity index (χ1v) is 6.86. The summed E-state index contributed by atoms with van der Waals surface area (Å²) in [5, 5.41) is 0. The van der Waals surface area contributed by atoms with E-state index in [4.69, 9.17) is 14.2 Å². The second kappa shape index (κ2) is 5.17.